The van der Waals surface area contributed by atoms with Gasteiger partial charge in [-0.25, -0.2) is 10.9 Å². The molecule has 0 heterocycles. The summed E-state index contributed by atoms with van der Waals surface area (Å²) in [5.74, 6) is 0. The molecule has 0 spiro atoms. The van der Waals surface area contributed by atoms with Crippen LogP contribution in [0.2, 0.25) is 0 Å². The van der Waals surface area contributed by atoms with E-state index in [0.717, 1.165) is 19.5 Å². The van der Waals surface area contributed by atoms with Crippen LogP contribution in [0.5, 0.6) is 0 Å². The quantitative estimate of drug-likeness (QED) is 0.481. The van der Waals surface area contributed by atoms with Crippen LogP contribution in [-0.4, -0.2) is 36.0 Å². The molecule has 0 amide bonds. The highest BCUT2D eigenvalue weighted by Crippen LogP contribution is 1.90. The Bertz CT molecular complexity index is 94.3. The van der Waals surface area contributed by atoms with E-state index in [-0.39, 0.29) is 6.10 Å². The summed E-state index contributed by atoms with van der Waals surface area (Å²) in [7, 11) is 0. The molecule has 74 valence electrons. The molecule has 1 atom stereocenters. The molecule has 0 aromatic heterocycles. The Balaban J connectivity index is 3.61. The first-order valence-electron chi connectivity index (χ1n) is 4.67. The Morgan fingerprint density at radius 3 is 2.00 bits per heavy atom. The monoisotopic (exact) mass is 175 g/mol. The largest absolute Gasteiger partial charge is 0.392 e. The molecular formula is C8H21N3O. The van der Waals surface area contributed by atoms with Crippen LogP contribution in [0.1, 0.15) is 27.2 Å². The highest BCUT2D eigenvalue weighted by atomic mass is 16.3. The summed E-state index contributed by atoms with van der Waals surface area (Å²) in [5.41, 5.74) is 6.22. The standard InChI is InChI=1S/C8H21N3O/c1-4-8(12)7-11(9-5-2)10-6-3/h8-10,12H,4-7H2,1-3H3. The molecule has 0 aliphatic rings. The van der Waals surface area contributed by atoms with Crippen molar-refractivity contribution in [1.82, 2.24) is 16.0 Å². The second-order valence-electron chi connectivity index (χ2n) is 2.70. The predicted molar refractivity (Wildman–Crippen MR) is 50.4 cm³/mol. The predicted octanol–water partition coefficient (Wildman–Crippen LogP) is 0.108. The molecule has 0 aliphatic carbocycles. The Morgan fingerprint density at radius 2 is 1.67 bits per heavy atom. The van der Waals surface area contributed by atoms with E-state index in [1.165, 1.54) is 0 Å². The van der Waals surface area contributed by atoms with Gasteiger partial charge in [0.05, 0.1) is 12.6 Å². The molecule has 0 fully saturated rings. The number of hydrogen-bond donors (Lipinski definition) is 3. The van der Waals surface area contributed by atoms with Gasteiger partial charge in [-0.1, -0.05) is 20.8 Å². The van der Waals surface area contributed by atoms with Gasteiger partial charge in [-0.15, -0.1) is 0 Å². The van der Waals surface area contributed by atoms with E-state index in [1.54, 1.807) is 0 Å². The summed E-state index contributed by atoms with van der Waals surface area (Å²) in [6.45, 7) is 8.39. The fourth-order valence-electron chi connectivity index (χ4n) is 0.907. The molecule has 4 heteroatoms. The van der Waals surface area contributed by atoms with Crippen molar-refractivity contribution in [3.63, 3.8) is 0 Å². The van der Waals surface area contributed by atoms with Crippen molar-refractivity contribution in [2.75, 3.05) is 19.6 Å². The van der Waals surface area contributed by atoms with Crippen LogP contribution in [0.15, 0.2) is 0 Å². The van der Waals surface area contributed by atoms with Gasteiger partial charge in [-0.3, -0.25) is 0 Å². The number of aliphatic hydroxyl groups is 1. The number of nitrogens with zero attached hydrogens (tertiary/aromatic N) is 1. The lowest BCUT2D eigenvalue weighted by Crippen LogP contribution is -2.51. The van der Waals surface area contributed by atoms with Crippen LogP contribution < -0.4 is 10.9 Å². The Labute approximate surface area is 74.9 Å². The Morgan fingerprint density at radius 1 is 1.17 bits per heavy atom. The molecule has 0 radical (unpaired) electrons. The van der Waals surface area contributed by atoms with Gasteiger partial charge in [0.15, 0.2) is 0 Å². The average Bonchev–Trinajstić information content (AvgIpc) is 2.05. The molecule has 0 rings (SSSR count). The van der Waals surface area contributed by atoms with Crippen molar-refractivity contribution in [2.24, 2.45) is 0 Å². The third-order valence-electron chi connectivity index (χ3n) is 1.56. The minimum absolute atomic E-state index is 0.261. The zero-order valence-electron chi connectivity index (χ0n) is 8.30. The van der Waals surface area contributed by atoms with Gasteiger partial charge >= 0.3 is 0 Å². The van der Waals surface area contributed by atoms with Crippen molar-refractivity contribution in [1.29, 1.82) is 0 Å². The number of nitrogens with one attached hydrogen (secondary N) is 2. The summed E-state index contributed by atoms with van der Waals surface area (Å²) >= 11 is 0. The van der Waals surface area contributed by atoms with E-state index in [0.29, 0.717) is 6.54 Å². The zero-order chi connectivity index (χ0) is 9.40. The van der Waals surface area contributed by atoms with E-state index >= 15 is 0 Å². The highest BCUT2D eigenvalue weighted by molar-refractivity contribution is 4.55. The maximum Gasteiger partial charge on any atom is 0.0693 e. The second kappa shape index (κ2) is 7.49. The lowest BCUT2D eigenvalue weighted by molar-refractivity contribution is 0.0443. The van der Waals surface area contributed by atoms with Gasteiger partial charge in [0, 0.05) is 13.1 Å². The van der Waals surface area contributed by atoms with Crippen molar-refractivity contribution < 1.29 is 5.11 Å². The van der Waals surface area contributed by atoms with Crippen molar-refractivity contribution in [3.8, 4) is 0 Å². The number of hydrogen-bond acceptors (Lipinski definition) is 4. The van der Waals surface area contributed by atoms with Gasteiger partial charge in [-0.05, 0) is 6.42 Å². The van der Waals surface area contributed by atoms with Crippen LogP contribution in [0.4, 0.5) is 0 Å². The molecule has 1 unspecified atom stereocenters. The smallest absolute Gasteiger partial charge is 0.0693 e. The molecule has 0 aromatic carbocycles. The van der Waals surface area contributed by atoms with Gasteiger partial charge in [-0.2, -0.15) is 5.12 Å². The minimum Gasteiger partial charge on any atom is -0.392 e. The summed E-state index contributed by atoms with van der Waals surface area (Å²) < 4.78 is 0. The van der Waals surface area contributed by atoms with Crippen LogP contribution in [0.25, 0.3) is 0 Å². The molecule has 12 heavy (non-hydrogen) atoms. The van der Waals surface area contributed by atoms with Crippen LogP contribution in [0.3, 0.4) is 0 Å². The maximum absolute atomic E-state index is 9.36. The van der Waals surface area contributed by atoms with Gasteiger partial charge in [0.25, 0.3) is 0 Å². The van der Waals surface area contributed by atoms with Crippen molar-refractivity contribution >= 4 is 0 Å². The fourth-order valence-corrected chi connectivity index (χ4v) is 0.907. The Hall–Kier alpha value is -0.160. The van der Waals surface area contributed by atoms with Crippen LogP contribution in [0, 0.1) is 0 Å². The van der Waals surface area contributed by atoms with Gasteiger partial charge in [0.1, 0.15) is 0 Å². The second-order valence-corrected chi connectivity index (χ2v) is 2.70. The molecule has 4 nitrogen and oxygen atoms in total. The van der Waals surface area contributed by atoms with Crippen molar-refractivity contribution in [2.45, 2.75) is 33.3 Å². The van der Waals surface area contributed by atoms with Gasteiger partial charge in [0.2, 0.25) is 0 Å². The summed E-state index contributed by atoms with van der Waals surface area (Å²) in [5, 5.41) is 11.2. The minimum atomic E-state index is -0.261. The molecular weight excluding hydrogens is 154 g/mol. The molecule has 0 aromatic rings. The number of aliphatic hydroxyl groups excluding tert-OH is 1. The number of rotatable bonds is 7. The first kappa shape index (κ1) is 11.8. The van der Waals surface area contributed by atoms with E-state index in [1.807, 2.05) is 25.9 Å². The molecule has 0 bridgehead atoms. The average molecular weight is 175 g/mol. The van der Waals surface area contributed by atoms with Crippen LogP contribution in [-0.2, 0) is 0 Å². The summed E-state index contributed by atoms with van der Waals surface area (Å²) in [6.07, 6.45) is 0.524. The Kier molecular flexibility index (Phi) is 7.39. The molecule has 3 N–H and O–H groups in total. The van der Waals surface area contributed by atoms with E-state index in [4.69, 9.17) is 0 Å². The van der Waals surface area contributed by atoms with Crippen molar-refractivity contribution in [3.05, 3.63) is 0 Å². The molecule has 0 saturated heterocycles. The first-order valence-corrected chi connectivity index (χ1v) is 4.67. The van der Waals surface area contributed by atoms with E-state index in [2.05, 4.69) is 10.9 Å². The van der Waals surface area contributed by atoms with E-state index < -0.39 is 0 Å². The third-order valence-corrected chi connectivity index (χ3v) is 1.56. The zero-order valence-corrected chi connectivity index (χ0v) is 8.30. The summed E-state index contributed by atoms with van der Waals surface area (Å²) in [6, 6.07) is 0. The lowest BCUT2D eigenvalue weighted by Gasteiger charge is -2.24. The number of hydrazine groups is 2. The SMILES string of the molecule is CCNN(CC(O)CC)NCC. The normalized spacial score (nSPS) is 13.8. The third kappa shape index (κ3) is 5.49. The fraction of sp³-hybridized carbons (Fsp3) is 1.00. The highest BCUT2D eigenvalue weighted by Gasteiger charge is 2.06. The summed E-state index contributed by atoms with van der Waals surface area (Å²) in [4.78, 5) is 0. The molecule has 0 saturated carbocycles. The topological polar surface area (TPSA) is 47.5 Å². The first-order chi connectivity index (χ1) is 5.74. The van der Waals surface area contributed by atoms with E-state index in [9.17, 15) is 5.11 Å². The van der Waals surface area contributed by atoms with Gasteiger partial charge < -0.3 is 5.11 Å². The lowest BCUT2D eigenvalue weighted by atomic mass is 10.3. The molecule has 0 aliphatic heterocycles. The maximum atomic E-state index is 9.36. The van der Waals surface area contributed by atoms with Crippen LogP contribution >= 0.6 is 0 Å².